The molecule has 0 aliphatic heterocycles. The molecule has 0 fully saturated rings. The quantitative estimate of drug-likeness (QED) is 0.597. The van der Waals surface area contributed by atoms with Gasteiger partial charge in [0.1, 0.15) is 17.2 Å². The molecule has 32 heavy (non-hydrogen) atoms. The van der Waals surface area contributed by atoms with E-state index in [2.05, 4.69) is 16.0 Å². The molecule has 0 saturated heterocycles. The summed E-state index contributed by atoms with van der Waals surface area (Å²) in [7, 11) is 3.21. The Hall–Kier alpha value is -3.88. The summed E-state index contributed by atoms with van der Waals surface area (Å²) < 4.78 is 25.8. The highest BCUT2D eigenvalue weighted by atomic mass is 19.1. The highest BCUT2D eigenvalue weighted by Gasteiger charge is 2.21. The molecule has 3 aromatic rings. The van der Waals surface area contributed by atoms with E-state index >= 15 is 0 Å². The number of halogens is 1. The molecule has 0 saturated carbocycles. The molecule has 0 spiro atoms. The van der Waals surface area contributed by atoms with Crippen molar-refractivity contribution < 1.29 is 23.5 Å². The van der Waals surface area contributed by atoms with Gasteiger partial charge in [-0.25, -0.2) is 14.6 Å². The first-order valence-corrected chi connectivity index (χ1v) is 9.86. The van der Waals surface area contributed by atoms with Crippen LogP contribution < -0.4 is 15.6 Å². The Balaban J connectivity index is 1.93. The lowest BCUT2D eigenvalue weighted by Crippen LogP contribution is -2.44. The molecule has 2 N–H and O–H groups in total. The second kappa shape index (κ2) is 9.09. The Bertz CT molecular complexity index is 1190. The van der Waals surface area contributed by atoms with Gasteiger partial charge in [-0.15, -0.1) is 0 Å². The molecule has 0 unspecified atom stereocenters. The average molecular weight is 440 g/mol. The largest absolute Gasteiger partial charge is 0.495 e. The van der Waals surface area contributed by atoms with Crippen LogP contribution in [0.3, 0.4) is 0 Å². The third-order valence-corrected chi connectivity index (χ3v) is 4.41. The van der Waals surface area contributed by atoms with Crippen LogP contribution in [0.5, 0.6) is 5.75 Å². The summed E-state index contributed by atoms with van der Waals surface area (Å²) in [5.41, 5.74) is 5.98. The van der Waals surface area contributed by atoms with E-state index in [0.717, 1.165) is 5.52 Å². The fourth-order valence-corrected chi connectivity index (χ4v) is 3.13. The number of nitrogens with one attached hydrogen (secondary N) is 2. The molecule has 9 heteroatoms. The van der Waals surface area contributed by atoms with E-state index in [1.54, 1.807) is 68.9 Å². The molecule has 0 atom stereocenters. The average Bonchev–Trinajstić information content (AvgIpc) is 3.04. The van der Waals surface area contributed by atoms with E-state index in [4.69, 9.17) is 9.47 Å². The first-order valence-electron chi connectivity index (χ1n) is 9.86. The lowest BCUT2D eigenvalue weighted by molar-refractivity contribution is 0.0483. The molecule has 0 bridgehead atoms. The topological polar surface area (TPSA) is 94.5 Å². The monoisotopic (exact) mass is 440 g/mol. The minimum atomic E-state index is -0.786. The zero-order valence-corrected chi connectivity index (χ0v) is 18.5. The molecule has 1 aromatic heterocycles. The van der Waals surface area contributed by atoms with Gasteiger partial charge in [0.05, 0.1) is 29.3 Å². The maximum Gasteiger partial charge on any atom is 0.426 e. The van der Waals surface area contributed by atoms with Gasteiger partial charge >= 0.3 is 6.09 Å². The van der Waals surface area contributed by atoms with Crippen LogP contribution in [-0.4, -0.2) is 34.5 Å². The van der Waals surface area contributed by atoms with Crippen LogP contribution in [0.4, 0.5) is 9.18 Å². The summed E-state index contributed by atoms with van der Waals surface area (Å²) in [6, 6.07) is 9.46. The number of hydrogen-bond donors (Lipinski definition) is 2. The zero-order valence-electron chi connectivity index (χ0n) is 18.5. The molecular formula is C23H25FN4O4. The van der Waals surface area contributed by atoms with Crippen LogP contribution in [0.2, 0.25) is 0 Å². The summed E-state index contributed by atoms with van der Waals surface area (Å²) in [6.45, 7) is 5.14. The fraction of sp³-hybridized carbons (Fsp3) is 0.261. The number of nitrogens with zero attached hydrogens (tertiary/aromatic N) is 2. The van der Waals surface area contributed by atoms with Crippen LogP contribution in [-0.2, 0) is 11.8 Å². The summed E-state index contributed by atoms with van der Waals surface area (Å²) in [5.74, 6) is -0.636. The van der Waals surface area contributed by atoms with Crippen LogP contribution in [0.25, 0.3) is 23.1 Å². The third-order valence-electron chi connectivity index (χ3n) is 4.41. The van der Waals surface area contributed by atoms with E-state index < -0.39 is 17.6 Å². The summed E-state index contributed by atoms with van der Waals surface area (Å²) in [5, 5.41) is 5.09. The summed E-state index contributed by atoms with van der Waals surface area (Å²) in [4.78, 5) is 24.6. The minimum absolute atomic E-state index is 0.199. The molecule has 0 aliphatic carbocycles. The van der Waals surface area contributed by atoms with Gasteiger partial charge in [0, 0.05) is 7.05 Å². The highest BCUT2D eigenvalue weighted by Crippen LogP contribution is 2.33. The van der Waals surface area contributed by atoms with Gasteiger partial charge in [-0.2, -0.15) is 5.10 Å². The van der Waals surface area contributed by atoms with E-state index in [1.165, 1.54) is 19.2 Å². The Kier molecular flexibility index (Phi) is 6.47. The van der Waals surface area contributed by atoms with E-state index in [9.17, 15) is 14.0 Å². The van der Waals surface area contributed by atoms with Gasteiger partial charge in [-0.1, -0.05) is 18.2 Å². The van der Waals surface area contributed by atoms with Crippen molar-refractivity contribution >= 4 is 35.1 Å². The van der Waals surface area contributed by atoms with Crippen molar-refractivity contribution in [3.8, 4) is 5.75 Å². The van der Waals surface area contributed by atoms with Crippen molar-refractivity contribution in [2.75, 3.05) is 7.11 Å². The van der Waals surface area contributed by atoms with Crippen molar-refractivity contribution in [2.24, 2.45) is 7.05 Å². The van der Waals surface area contributed by atoms with Gasteiger partial charge in [0.2, 0.25) is 0 Å². The number of methoxy groups -OCH3 is 1. The number of aromatic nitrogens is 2. The van der Waals surface area contributed by atoms with E-state index in [0.29, 0.717) is 16.6 Å². The molecule has 0 aliphatic rings. The van der Waals surface area contributed by atoms with Gasteiger partial charge in [0.25, 0.3) is 5.91 Å². The number of ether oxygens (including phenoxy) is 2. The first-order chi connectivity index (χ1) is 15.1. The second-order valence-corrected chi connectivity index (χ2v) is 8.02. The highest BCUT2D eigenvalue weighted by molar-refractivity contribution is 6.05. The Labute approximate surface area is 185 Å². The Morgan fingerprint density at radius 2 is 1.88 bits per heavy atom. The predicted molar refractivity (Wildman–Crippen MR) is 119 cm³/mol. The zero-order chi connectivity index (χ0) is 23.5. The third kappa shape index (κ3) is 5.23. The van der Waals surface area contributed by atoms with Crippen LogP contribution in [0.15, 0.2) is 36.4 Å². The molecule has 2 amide bonds. The Morgan fingerprint density at radius 3 is 2.53 bits per heavy atom. The van der Waals surface area contributed by atoms with Crippen LogP contribution in [0, 0.1) is 5.82 Å². The molecule has 0 radical (unpaired) electrons. The van der Waals surface area contributed by atoms with Crippen molar-refractivity contribution in [3.63, 3.8) is 0 Å². The smallest absolute Gasteiger partial charge is 0.426 e. The summed E-state index contributed by atoms with van der Waals surface area (Å²) >= 11 is 0. The lowest BCUT2D eigenvalue weighted by atomic mass is 10.1. The number of fused-ring (bicyclic) bond motifs is 1. The fourth-order valence-electron chi connectivity index (χ4n) is 3.13. The lowest BCUT2D eigenvalue weighted by Gasteiger charge is -2.20. The SMILES string of the molecule is COc1c(C(=O)NNC(=O)OC(C)(C)C)ccc2c1c(/C=C/c1cccc(F)c1)nn2C. The maximum absolute atomic E-state index is 13.5. The van der Waals surface area contributed by atoms with Crippen LogP contribution in [0.1, 0.15) is 42.4 Å². The molecule has 1 heterocycles. The number of aryl methyl sites for hydroxylation is 1. The van der Waals surface area contributed by atoms with Crippen molar-refractivity contribution in [2.45, 2.75) is 26.4 Å². The molecule has 3 rings (SSSR count). The second-order valence-electron chi connectivity index (χ2n) is 8.02. The summed E-state index contributed by atoms with van der Waals surface area (Å²) in [6.07, 6.45) is 2.66. The first kappa shape index (κ1) is 22.8. The van der Waals surface area contributed by atoms with Gasteiger partial charge in [-0.3, -0.25) is 14.9 Å². The molecule has 2 aromatic carbocycles. The van der Waals surface area contributed by atoms with Crippen molar-refractivity contribution in [3.05, 3.63) is 59.0 Å². The molecule has 8 nitrogen and oxygen atoms in total. The van der Waals surface area contributed by atoms with Gasteiger partial charge < -0.3 is 9.47 Å². The number of hydrazine groups is 1. The maximum atomic E-state index is 13.5. The normalized spacial score (nSPS) is 11.6. The predicted octanol–water partition coefficient (Wildman–Crippen LogP) is 4.06. The standard InChI is InChI=1S/C23H25FN4O4/c1-23(2,3)32-22(30)26-25-21(29)16-10-12-18-19(20(16)31-5)17(27-28(18)4)11-9-14-7-6-8-15(24)13-14/h6-13H,1-5H3,(H,25,29)(H,26,30)/b11-9+. The number of carbonyl (C=O) groups excluding carboxylic acids is 2. The van der Waals surface area contributed by atoms with E-state index in [-0.39, 0.29) is 17.1 Å². The van der Waals surface area contributed by atoms with Crippen molar-refractivity contribution in [1.82, 2.24) is 20.6 Å². The van der Waals surface area contributed by atoms with Crippen LogP contribution >= 0.6 is 0 Å². The minimum Gasteiger partial charge on any atom is -0.495 e. The van der Waals surface area contributed by atoms with Gasteiger partial charge in [-0.05, 0) is 56.7 Å². The Morgan fingerprint density at radius 1 is 1.12 bits per heavy atom. The number of carbonyl (C=O) groups is 2. The number of benzene rings is 2. The molecular weight excluding hydrogens is 415 g/mol. The van der Waals surface area contributed by atoms with Gasteiger partial charge in [0.15, 0.2) is 0 Å². The molecule has 168 valence electrons. The van der Waals surface area contributed by atoms with E-state index in [1.807, 2.05) is 0 Å². The number of amides is 2. The number of hydrogen-bond acceptors (Lipinski definition) is 5. The number of rotatable bonds is 4. The van der Waals surface area contributed by atoms with Crippen molar-refractivity contribution in [1.29, 1.82) is 0 Å².